The van der Waals surface area contributed by atoms with Gasteiger partial charge in [-0.2, -0.15) is 16.1 Å². The van der Waals surface area contributed by atoms with Crippen LogP contribution in [0, 0.1) is 0 Å². The van der Waals surface area contributed by atoms with Crippen LogP contribution in [0.25, 0.3) is 11.4 Å². The third-order valence-electron chi connectivity index (χ3n) is 3.19. The van der Waals surface area contributed by atoms with E-state index in [4.69, 9.17) is 0 Å². The van der Waals surface area contributed by atoms with E-state index >= 15 is 0 Å². The van der Waals surface area contributed by atoms with E-state index in [-0.39, 0.29) is 12.5 Å². The van der Waals surface area contributed by atoms with Gasteiger partial charge in [0.1, 0.15) is 6.54 Å². The predicted molar refractivity (Wildman–Crippen MR) is 85.6 cm³/mol. The monoisotopic (exact) mass is 313 g/mol. The van der Waals surface area contributed by atoms with Gasteiger partial charge < -0.3 is 5.32 Å². The van der Waals surface area contributed by atoms with Crippen LogP contribution in [0.1, 0.15) is 12.5 Å². The molecule has 112 valence electrons. The van der Waals surface area contributed by atoms with E-state index in [1.165, 1.54) is 4.80 Å². The number of tetrazole rings is 1. The molecular formula is C15H15N5OS. The number of nitrogens with one attached hydrogen (secondary N) is 1. The molecule has 2 aromatic heterocycles. The highest BCUT2D eigenvalue weighted by atomic mass is 32.1. The number of nitrogens with zero attached hydrogens (tertiary/aromatic N) is 4. The van der Waals surface area contributed by atoms with Crippen molar-refractivity contribution in [1.82, 2.24) is 20.2 Å². The van der Waals surface area contributed by atoms with E-state index in [9.17, 15) is 4.79 Å². The molecule has 2 heterocycles. The van der Waals surface area contributed by atoms with Gasteiger partial charge in [-0.3, -0.25) is 4.79 Å². The molecule has 7 heteroatoms. The molecule has 1 N–H and O–H groups in total. The summed E-state index contributed by atoms with van der Waals surface area (Å²) in [6, 6.07) is 9.67. The molecule has 0 saturated carbocycles. The highest BCUT2D eigenvalue weighted by Crippen LogP contribution is 2.17. The largest absolute Gasteiger partial charge is 0.324 e. The zero-order valence-corrected chi connectivity index (χ0v) is 12.9. The number of hydrogen-bond acceptors (Lipinski definition) is 5. The third-order valence-corrected chi connectivity index (χ3v) is 3.87. The van der Waals surface area contributed by atoms with E-state index in [2.05, 4.69) is 27.7 Å². The molecule has 0 spiro atoms. The quantitative estimate of drug-likeness (QED) is 0.786. The summed E-state index contributed by atoms with van der Waals surface area (Å²) in [6.07, 6.45) is 0.861. The van der Waals surface area contributed by atoms with Crippen molar-refractivity contribution in [3.63, 3.8) is 0 Å². The van der Waals surface area contributed by atoms with E-state index in [0.717, 1.165) is 23.2 Å². The lowest BCUT2D eigenvalue weighted by atomic mass is 10.1. The molecule has 3 rings (SSSR count). The first-order valence-electron chi connectivity index (χ1n) is 6.94. The highest BCUT2D eigenvalue weighted by molar-refractivity contribution is 7.08. The summed E-state index contributed by atoms with van der Waals surface area (Å²) in [5.74, 6) is 0.359. The van der Waals surface area contributed by atoms with Gasteiger partial charge in [-0.25, -0.2) is 0 Å². The molecule has 1 amide bonds. The average molecular weight is 313 g/mol. The number of benzene rings is 1. The zero-order chi connectivity index (χ0) is 15.4. The SMILES string of the molecule is CCc1ccccc1NC(=O)Cn1nnc(-c2ccsc2)n1. The Bertz CT molecular complexity index is 766. The van der Waals surface area contributed by atoms with Crippen LogP contribution in [0.4, 0.5) is 5.69 Å². The van der Waals surface area contributed by atoms with Crippen molar-refractivity contribution in [2.75, 3.05) is 5.32 Å². The van der Waals surface area contributed by atoms with Crippen molar-refractivity contribution in [3.05, 3.63) is 46.7 Å². The lowest BCUT2D eigenvalue weighted by Gasteiger charge is -2.08. The van der Waals surface area contributed by atoms with Crippen molar-refractivity contribution < 1.29 is 4.79 Å². The fourth-order valence-electron chi connectivity index (χ4n) is 2.09. The normalized spacial score (nSPS) is 10.6. The lowest BCUT2D eigenvalue weighted by molar-refractivity contribution is -0.117. The number of carbonyl (C=O) groups excluding carboxylic acids is 1. The van der Waals surface area contributed by atoms with E-state index in [0.29, 0.717) is 5.82 Å². The molecule has 0 bridgehead atoms. The van der Waals surface area contributed by atoms with E-state index in [1.807, 2.05) is 41.1 Å². The number of amides is 1. The highest BCUT2D eigenvalue weighted by Gasteiger charge is 2.10. The molecule has 0 radical (unpaired) electrons. The Balaban J connectivity index is 1.67. The molecule has 0 aliphatic heterocycles. The maximum Gasteiger partial charge on any atom is 0.248 e. The predicted octanol–water partition coefficient (Wildman–Crippen LogP) is 2.60. The zero-order valence-electron chi connectivity index (χ0n) is 12.1. The van der Waals surface area contributed by atoms with Crippen molar-refractivity contribution in [1.29, 1.82) is 0 Å². The lowest BCUT2D eigenvalue weighted by Crippen LogP contribution is -2.21. The summed E-state index contributed by atoms with van der Waals surface area (Å²) in [5, 5.41) is 18.9. The number of thiophene rings is 1. The summed E-state index contributed by atoms with van der Waals surface area (Å²) in [4.78, 5) is 13.4. The van der Waals surface area contributed by atoms with E-state index < -0.39 is 0 Å². The standard InChI is InChI=1S/C15H15N5OS/c1-2-11-5-3-4-6-13(11)16-14(21)9-20-18-15(17-19-20)12-7-8-22-10-12/h3-8,10H,2,9H2,1H3,(H,16,21). The summed E-state index contributed by atoms with van der Waals surface area (Å²) in [5.41, 5.74) is 2.84. The molecule has 0 aliphatic rings. The van der Waals surface area contributed by atoms with Crippen molar-refractivity contribution >= 4 is 22.9 Å². The molecule has 6 nitrogen and oxygen atoms in total. The minimum Gasteiger partial charge on any atom is -0.324 e. The Kier molecular flexibility index (Phi) is 4.24. The molecule has 1 aromatic carbocycles. The number of aryl methyl sites for hydroxylation is 1. The van der Waals surface area contributed by atoms with Crippen LogP contribution in [0.5, 0.6) is 0 Å². The number of anilines is 1. The Morgan fingerprint density at radius 1 is 1.32 bits per heavy atom. The second-order valence-corrected chi connectivity index (χ2v) is 5.49. The summed E-state index contributed by atoms with van der Waals surface area (Å²) >= 11 is 1.57. The topological polar surface area (TPSA) is 72.7 Å². The molecule has 0 saturated heterocycles. The van der Waals surface area contributed by atoms with Gasteiger partial charge in [0.2, 0.25) is 11.7 Å². The van der Waals surface area contributed by atoms with Crippen LogP contribution < -0.4 is 5.32 Å². The van der Waals surface area contributed by atoms with Gasteiger partial charge in [0.15, 0.2) is 0 Å². The minimum atomic E-state index is -0.171. The molecule has 0 atom stereocenters. The molecular weight excluding hydrogens is 298 g/mol. The van der Waals surface area contributed by atoms with Crippen LogP contribution in [0.2, 0.25) is 0 Å². The van der Waals surface area contributed by atoms with Crippen LogP contribution in [0.15, 0.2) is 41.1 Å². The van der Waals surface area contributed by atoms with Gasteiger partial charge in [0.25, 0.3) is 0 Å². The first-order valence-corrected chi connectivity index (χ1v) is 7.88. The van der Waals surface area contributed by atoms with Gasteiger partial charge in [-0.15, -0.1) is 10.2 Å². The van der Waals surface area contributed by atoms with Crippen LogP contribution in [-0.4, -0.2) is 26.1 Å². The van der Waals surface area contributed by atoms with Gasteiger partial charge in [0, 0.05) is 16.6 Å². The Hall–Kier alpha value is -2.54. The summed E-state index contributed by atoms with van der Waals surface area (Å²) < 4.78 is 0. The molecule has 3 aromatic rings. The molecule has 22 heavy (non-hydrogen) atoms. The summed E-state index contributed by atoms with van der Waals surface area (Å²) in [7, 11) is 0. The smallest absolute Gasteiger partial charge is 0.248 e. The van der Waals surface area contributed by atoms with Crippen molar-refractivity contribution in [2.45, 2.75) is 19.9 Å². The van der Waals surface area contributed by atoms with Gasteiger partial charge >= 0.3 is 0 Å². The third kappa shape index (κ3) is 3.20. The number of hydrogen-bond donors (Lipinski definition) is 1. The Morgan fingerprint density at radius 2 is 2.18 bits per heavy atom. The van der Waals surface area contributed by atoms with Crippen molar-refractivity contribution in [3.8, 4) is 11.4 Å². The fourth-order valence-corrected chi connectivity index (χ4v) is 2.72. The van der Waals surface area contributed by atoms with Crippen LogP contribution in [0.3, 0.4) is 0 Å². The first kappa shape index (κ1) is 14.4. The summed E-state index contributed by atoms with van der Waals surface area (Å²) in [6.45, 7) is 2.09. The maximum absolute atomic E-state index is 12.1. The average Bonchev–Trinajstić information content (AvgIpc) is 3.18. The van der Waals surface area contributed by atoms with Gasteiger partial charge in [-0.05, 0) is 34.7 Å². The maximum atomic E-state index is 12.1. The second-order valence-electron chi connectivity index (χ2n) is 4.71. The van der Waals surface area contributed by atoms with Crippen molar-refractivity contribution in [2.24, 2.45) is 0 Å². The second kappa shape index (κ2) is 6.48. The minimum absolute atomic E-state index is 0.0369. The van der Waals surface area contributed by atoms with Gasteiger partial charge in [0.05, 0.1) is 0 Å². The van der Waals surface area contributed by atoms with Gasteiger partial charge in [-0.1, -0.05) is 25.1 Å². The molecule has 0 aliphatic carbocycles. The Morgan fingerprint density at radius 3 is 2.95 bits per heavy atom. The van der Waals surface area contributed by atoms with Crippen LogP contribution in [-0.2, 0) is 17.8 Å². The fraction of sp³-hybridized carbons (Fsp3) is 0.200. The van der Waals surface area contributed by atoms with E-state index in [1.54, 1.807) is 11.3 Å². The molecule has 0 fully saturated rings. The molecule has 0 unspecified atom stereocenters. The number of carbonyl (C=O) groups is 1. The van der Waals surface area contributed by atoms with Crippen LogP contribution >= 0.6 is 11.3 Å². The Labute approximate surface area is 131 Å². The first-order chi connectivity index (χ1) is 10.8. The number of aromatic nitrogens is 4. The number of rotatable bonds is 5. The number of para-hydroxylation sites is 1.